The molecule has 1 aliphatic heterocycles. The first-order chi connectivity index (χ1) is 15.9. The molecule has 2 N–H and O–H groups in total. The molecule has 0 bridgehead atoms. The van der Waals surface area contributed by atoms with E-state index in [0.29, 0.717) is 35.3 Å². The maximum Gasteiger partial charge on any atom is 0.255 e. The van der Waals surface area contributed by atoms with Crippen LogP contribution in [0.3, 0.4) is 0 Å². The van der Waals surface area contributed by atoms with Crippen LogP contribution in [0.2, 0.25) is 0 Å². The highest BCUT2D eigenvalue weighted by Crippen LogP contribution is 2.39. The number of benzene rings is 2. The van der Waals surface area contributed by atoms with Crippen molar-refractivity contribution in [3.05, 3.63) is 70.7 Å². The van der Waals surface area contributed by atoms with Crippen molar-refractivity contribution >= 4 is 17.5 Å². The van der Waals surface area contributed by atoms with Gasteiger partial charge >= 0.3 is 0 Å². The highest BCUT2D eigenvalue weighted by molar-refractivity contribution is 6.06. The molecule has 0 spiro atoms. The number of hydrogen-bond acceptors (Lipinski definition) is 6. The predicted molar refractivity (Wildman–Crippen MR) is 128 cm³/mol. The molecule has 2 aromatic carbocycles. The molecule has 1 aromatic heterocycles. The van der Waals surface area contributed by atoms with Gasteiger partial charge in [0.15, 0.2) is 11.5 Å². The molecule has 0 fully saturated rings. The number of carbonyl (C=O) groups is 1. The van der Waals surface area contributed by atoms with Gasteiger partial charge in [0.1, 0.15) is 12.4 Å². The summed E-state index contributed by atoms with van der Waals surface area (Å²) in [6.07, 6.45) is 2.37. The Hall–Kier alpha value is -3.81. The SMILES string of the molecule is CCCOc1ccc(C2C(C(=O)Nc3ccc(C)cc3C)=C(C)Nc3ncnn32)cc1OC. The van der Waals surface area contributed by atoms with Crippen molar-refractivity contribution < 1.29 is 14.3 Å². The van der Waals surface area contributed by atoms with Crippen molar-refractivity contribution in [2.24, 2.45) is 0 Å². The van der Waals surface area contributed by atoms with Crippen LogP contribution in [0.15, 0.2) is 54.0 Å². The topological polar surface area (TPSA) is 90.3 Å². The zero-order valence-corrected chi connectivity index (χ0v) is 19.6. The second kappa shape index (κ2) is 9.36. The fourth-order valence-electron chi connectivity index (χ4n) is 4.02. The summed E-state index contributed by atoms with van der Waals surface area (Å²) in [6, 6.07) is 11.2. The van der Waals surface area contributed by atoms with Gasteiger partial charge in [0.2, 0.25) is 5.95 Å². The Morgan fingerprint density at radius 3 is 2.70 bits per heavy atom. The summed E-state index contributed by atoms with van der Waals surface area (Å²) < 4.78 is 13.1. The number of nitrogens with zero attached hydrogens (tertiary/aromatic N) is 3. The molecule has 33 heavy (non-hydrogen) atoms. The first-order valence-corrected chi connectivity index (χ1v) is 11.0. The van der Waals surface area contributed by atoms with E-state index in [0.717, 1.165) is 28.8 Å². The Morgan fingerprint density at radius 1 is 1.15 bits per heavy atom. The van der Waals surface area contributed by atoms with Gasteiger partial charge in [-0.1, -0.05) is 30.7 Å². The van der Waals surface area contributed by atoms with Gasteiger partial charge in [0.05, 0.1) is 19.3 Å². The molecule has 0 aliphatic carbocycles. The third-order valence-corrected chi connectivity index (χ3v) is 5.63. The van der Waals surface area contributed by atoms with Crippen molar-refractivity contribution in [3.63, 3.8) is 0 Å². The van der Waals surface area contributed by atoms with E-state index in [-0.39, 0.29) is 5.91 Å². The lowest BCUT2D eigenvalue weighted by Crippen LogP contribution is -2.31. The van der Waals surface area contributed by atoms with E-state index in [4.69, 9.17) is 9.47 Å². The number of amides is 1. The summed E-state index contributed by atoms with van der Waals surface area (Å²) in [7, 11) is 1.61. The molecule has 2 heterocycles. The molecule has 0 saturated heterocycles. The molecule has 0 radical (unpaired) electrons. The minimum Gasteiger partial charge on any atom is -0.493 e. The van der Waals surface area contributed by atoms with Gasteiger partial charge in [0.25, 0.3) is 5.91 Å². The summed E-state index contributed by atoms with van der Waals surface area (Å²) in [4.78, 5) is 17.9. The summed E-state index contributed by atoms with van der Waals surface area (Å²) in [5.74, 6) is 1.64. The maximum atomic E-state index is 13.6. The fraction of sp³-hybridized carbons (Fsp3) is 0.320. The van der Waals surface area contributed by atoms with Crippen LogP contribution in [0.25, 0.3) is 0 Å². The molecule has 0 saturated carbocycles. The first kappa shape index (κ1) is 22.4. The third kappa shape index (κ3) is 4.41. The number of hydrogen-bond donors (Lipinski definition) is 2. The number of anilines is 2. The summed E-state index contributed by atoms with van der Waals surface area (Å²) >= 11 is 0. The van der Waals surface area contributed by atoms with Gasteiger partial charge in [-0.3, -0.25) is 4.79 Å². The lowest BCUT2D eigenvalue weighted by molar-refractivity contribution is -0.113. The monoisotopic (exact) mass is 447 g/mol. The Labute approximate surface area is 193 Å². The summed E-state index contributed by atoms with van der Waals surface area (Å²) in [6.45, 7) is 8.53. The highest BCUT2D eigenvalue weighted by atomic mass is 16.5. The van der Waals surface area contributed by atoms with E-state index >= 15 is 0 Å². The molecular weight excluding hydrogens is 418 g/mol. The molecule has 1 aliphatic rings. The number of fused-ring (bicyclic) bond motifs is 1. The van der Waals surface area contributed by atoms with Gasteiger partial charge in [-0.2, -0.15) is 10.1 Å². The van der Waals surface area contributed by atoms with Crippen molar-refractivity contribution in [1.29, 1.82) is 0 Å². The standard InChI is InChI=1S/C25H29N5O3/c1-6-11-33-20-10-8-18(13-21(20)32-5)23-22(17(4)28-25-26-14-27-30(23)25)24(31)29-19-9-7-15(2)12-16(19)3/h7-10,12-14,23H,6,11H2,1-5H3,(H,29,31)(H,26,27,28). The van der Waals surface area contributed by atoms with Gasteiger partial charge in [-0.05, 0) is 56.5 Å². The normalized spacial score (nSPS) is 15.0. The summed E-state index contributed by atoms with van der Waals surface area (Å²) in [5.41, 5.74) is 5.03. The fourth-order valence-corrected chi connectivity index (χ4v) is 4.02. The number of aryl methyl sites for hydroxylation is 2. The van der Waals surface area contributed by atoms with E-state index in [2.05, 4.69) is 27.6 Å². The number of methoxy groups -OCH3 is 1. The molecule has 1 unspecified atom stereocenters. The van der Waals surface area contributed by atoms with Crippen LogP contribution >= 0.6 is 0 Å². The zero-order chi connectivity index (χ0) is 23.5. The minimum atomic E-state index is -0.483. The molecule has 1 amide bonds. The number of nitrogens with one attached hydrogen (secondary N) is 2. The van der Waals surface area contributed by atoms with E-state index in [1.165, 1.54) is 6.33 Å². The molecule has 1 atom stereocenters. The molecule has 4 rings (SSSR count). The maximum absolute atomic E-state index is 13.6. The molecular formula is C25H29N5O3. The quantitative estimate of drug-likeness (QED) is 0.549. The Bertz CT molecular complexity index is 1210. The lowest BCUT2D eigenvalue weighted by Gasteiger charge is -2.29. The van der Waals surface area contributed by atoms with E-state index in [1.807, 2.05) is 57.2 Å². The average molecular weight is 448 g/mol. The lowest BCUT2D eigenvalue weighted by atomic mass is 9.94. The Kier molecular flexibility index (Phi) is 6.35. The smallest absolute Gasteiger partial charge is 0.255 e. The van der Waals surface area contributed by atoms with Crippen LogP contribution in [0.5, 0.6) is 11.5 Å². The molecule has 8 heteroatoms. The van der Waals surface area contributed by atoms with E-state index in [9.17, 15) is 4.79 Å². The number of aromatic nitrogens is 3. The van der Waals surface area contributed by atoms with Crippen molar-refractivity contribution in [2.45, 2.75) is 40.2 Å². The Morgan fingerprint density at radius 2 is 1.97 bits per heavy atom. The van der Waals surface area contributed by atoms with Crippen LogP contribution in [-0.2, 0) is 4.79 Å². The molecule has 8 nitrogen and oxygen atoms in total. The van der Waals surface area contributed by atoms with Crippen LogP contribution in [0.1, 0.15) is 43.0 Å². The van der Waals surface area contributed by atoms with Crippen molar-refractivity contribution in [1.82, 2.24) is 14.8 Å². The zero-order valence-electron chi connectivity index (χ0n) is 19.6. The van der Waals surface area contributed by atoms with E-state index < -0.39 is 6.04 Å². The van der Waals surface area contributed by atoms with Gasteiger partial charge in [-0.25, -0.2) is 4.68 Å². The molecule has 3 aromatic rings. The number of carbonyl (C=O) groups excluding carboxylic acids is 1. The van der Waals surface area contributed by atoms with Crippen LogP contribution in [0.4, 0.5) is 11.6 Å². The average Bonchev–Trinajstić information content (AvgIpc) is 3.26. The predicted octanol–water partition coefficient (Wildman–Crippen LogP) is 4.62. The second-order valence-electron chi connectivity index (χ2n) is 8.13. The summed E-state index contributed by atoms with van der Waals surface area (Å²) in [5, 5.41) is 10.7. The first-order valence-electron chi connectivity index (χ1n) is 11.0. The van der Waals surface area contributed by atoms with E-state index in [1.54, 1.807) is 11.8 Å². The van der Waals surface area contributed by atoms with Crippen LogP contribution in [0, 0.1) is 13.8 Å². The van der Waals surface area contributed by atoms with Gasteiger partial charge < -0.3 is 20.1 Å². The minimum absolute atomic E-state index is 0.205. The van der Waals surface area contributed by atoms with Crippen LogP contribution < -0.4 is 20.1 Å². The van der Waals surface area contributed by atoms with Gasteiger partial charge in [-0.15, -0.1) is 0 Å². The number of ether oxygens (including phenoxy) is 2. The Balaban J connectivity index is 1.75. The number of allylic oxidation sites excluding steroid dienone is 1. The highest BCUT2D eigenvalue weighted by Gasteiger charge is 2.34. The van der Waals surface area contributed by atoms with Crippen molar-refractivity contribution in [2.75, 3.05) is 24.4 Å². The molecule has 172 valence electrons. The number of rotatable bonds is 7. The van der Waals surface area contributed by atoms with Gasteiger partial charge in [0, 0.05) is 11.4 Å². The third-order valence-electron chi connectivity index (χ3n) is 5.63. The van der Waals surface area contributed by atoms with Crippen molar-refractivity contribution in [3.8, 4) is 11.5 Å². The second-order valence-corrected chi connectivity index (χ2v) is 8.13. The largest absolute Gasteiger partial charge is 0.493 e. The van der Waals surface area contributed by atoms with Crippen LogP contribution in [-0.4, -0.2) is 34.4 Å².